The maximum Gasteiger partial charge on any atom is 0.335 e. The molecule has 0 saturated heterocycles. The normalized spacial score (nSPS) is 20.8. The minimum absolute atomic E-state index is 0.148. The van der Waals surface area contributed by atoms with Crippen LogP contribution in [0, 0.1) is 5.92 Å². The molecule has 126 valence electrons. The molecule has 1 aliphatic carbocycles. The Bertz CT molecular complexity index is 544. The topological polar surface area (TPSA) is 89.9 Å². The van der Waals surface area contributed by atoms with E-state index in [1.165, 1.54) is 12.1 Å². The lowest BCUT2D eigenvalue weighted by atomic mass is 9.86. The molecule has 1 aromatic carbocycles. The second-order valence-corrected chi connectivity index (χ2v) is 6.15. The van der Waals surface area contributed by atoms with E-state index >= 15 is 0 Å². The summed E-state index contributed by atoms with van der Waals surface area (Å²) in [6.45, 7) is 0.890. The fourth-order valence-corrected chi connectivity index (χ4v) is 2.91. The third kappa shape index (κ3) is 4.96. The Morgan fingerprint density at radius 2 is 1.87 bits per heavy atom. The summed E-state index contributed by atoms with van der Waals surface area (Å²) in [5.74, 6) is -0.819. The van der Waals surface area contributed by atoms with Gasteiger partial charge in [-0.1, -0.05) is 25.0 Å². The van der Waals surface area contributed by atoms with E-state index in [0.717, 1.165) is 31.2 Å². The Hall–Kier alpha value is -2.08. The molecule has 0 spiro atoms. The predicted octanol–water partition coefficient (Wildman–Crippen LogP) is 2.08. The van der Waals surface area contributed by atoms with Crippen LogP contribution in [0.3, 0.4) is 0 Å². The zero-order valence-electron chi connectivity index (χ0n) is 13.4. The second-order valence-electron chi connectivity index (χ2n) is 6.15. The third-order valence-corrected chi connectivity index (χ3v) is 4.37. The van der Waals surface area contributed by atoms with Gasteiger partial charge in [-0.2, -0.15) is 0 Å². The molecule has 3 N–H and O–H groups in total. The number of hydrogen-bond acceptors (Lipinski definition) is 3. The number of amides is 2. The minimum atomic E-state index is -0.966. The van der Waals surface area contributed by atoms with E-state index in [2.05, 4.69) is 5.32 Å². The quantitative estimate of drug-likeness (QED) is 0.775. The van der Waals surface area contributed by atoms with Crippen LogP contribution in [0.4, 0.5) is 4.79 Å². The first kappa shape index (κ1) is 17.3. The van der Waals surface area contributed by atoms with Crippen LogP contribution < -0.4 is 5.32 Å². The summed E-state index contributed by atoms with van der Waals surface area (Å²) >= 11 is 0. The molecule has 2 amide bonds. The van der Waals surface area contributed by atoms with Crippen molar-refractivity contribution >= 4 is 12.0 Å². The highest BCUT2D eigenvalue weighted by Gasteiger charge is 2.25. The van der Waals surface area contributed by atoms with Gasteiger partial charge in [-0.25, -0.2) is 9.59 Å². The number of aromatic carboxylic acids is 1. The molecule has 0 heterocycles. The number of hydrogen-bond donors (Lipinski definition) is 3. The smallest absolute Gasteiger partial charge is 0.335 e. The highest BCUT2D eigenvalue weighted by molar-refractivity contribution is 5.87. The van der Waals surface area contributed by atoms with Crippen LogP contribution in [0.25, 0.3) is 0 Å². The lowest BCUT2D eigenvalue weighted by Crippen LogP contribution is -2.42. The summed E-state index contributed by atoms with van der Waals surface area (Å²) in [5.41, 5.74) is 1.07. The maximum absolute atomic E-state index is 12.1. The lowest BCUT2D eigenvalue weighted by molar-refractivity contribution is 0.0564. The predicted molar refractivity (Wildman–Crippen MR) is 86.2 cm³/mol. The number of carboxylic acid groups (broad SMARTS) is 1. The fourth-order valence-electron chi connectivity index (χ4n) is 2.91. The van der Waals surface area contributed by atoms with E-state index in [4.69, 9.17) is 5.11 Å². The number of nitrogens with zero attached hydrogens (tertiary/aromatic N) is 1. The van der Waals surface area contributed by atoms with Crippen LogP contribution in [-0.4, -0.2) is 46.8 Å². The van der Waals surface area contributed by atoms with Gasteiger partial charge in [-0.3, -0.25) is 0 Å². The van der Waals surface area contributed by atoms with Gasteiger partial charge in [0.2, 0.25) is 0 Å². The number of aliphatic hydroxyl groups excluding tert-OH is 1. The van der Waals surface area contributed by atoms with Crippen molar-refractivity contribution in [3.63, 3.8) is 0 Å². The first-order valence-electron chi connectivity index (χ1n) is 7.96. The van der Waals surface area contributed by atoms with Crippen molar-refractivity contribution in [1.29, 1.82) is 0 Å². The highest BCUT2D eigenvalue weighted by atomic mass is 16.4. The molecule has 1 aromatic rings. The molecule has 0 bridgehead atoms. The molecule has 6 nitrogen and oxygen atoms in total. The number of rotatable bonds is 5. The zero-order valence-corrected chi connectivity index (χ0v) is 13.4. The van der Waals surface area contributed by atoms with Crippen LogP contribution in [0.5, 0.6) is 0 Å². The number of carbonyl (C=O) groups is 2. The molecule has 0 radical (unpaired) electrons. The largest absolute Gasteiger partial charge is 0.478 e. The van der Waals surface area contributed by atoms with Gasteiger partial charge in [0.1, 0.15) is 0 Å². The summed E-state index contributed by atoms with van der Waals surface area (Å²) in [5, 5.41) is 21.6. The van der Waals surface area contributed by atoms with Crippen molar-refractivity contribution in [2.24, 2.45) is 5.92 Å². The van der Waals surface area contributed by atoms with Crippen LogP contribution in [0.2, 0.25) is 0 Å². The van der Waals surface area contributed by atoms with Crippen molar-refractivity contribution in [3.05, 3.63) is 35.4 Å². The van der Waals surface area contributed by atoms with Gasteiger partial charge in [0.15, 0.2) is 0 Å². The number of aliphatic hydroxyl groups is 1. The first-order valence-corrected chi connectivity index (χ1v) is 7.96. The van der Waals surface area contributed by atoms with E-state index in [1.807, 2.05) is 0 Å². The van der Waals surface area contributed by atoms with Gasteiger partial charge < -0.3 is 20.4 Å². The van der Waals surface area contributed by atoms with Gasteiger partial charge in [0.25, 0.3) is 0 Å². The molecule has 23 heavy (non-hydrogen) atoms. The molecule has 1 fully saturated rings. The zero-order chi connectivity index (χ0) is 16.8. The van der Waals surface area contributed by atoms with Gasteiger partial charge >= 0.3 is 12.0 Å². The monoisotopic (exact) mass is 320 g/mol. The van der Waals surface area contributed by atoms with Crippen molar-refractivity contribution in [2.75, 3.05) is 13.6 Å². The van der Waals surface area contributed by atoms with E-state index in [-0.39, 0.29) is 23.6 Å². The molecular weight excluding hydrogens is 296 g/mol. The molecular formula is C17H24N2O4. The molecule has 0 aromatic heterocycles. The Morgan fingerprint density at radius 1 is 1.22 bits per heavy atom. The summed E-state index contributed by atoms with van der Waals surface area (Å²) in [6.07, 6.45) is 3.61. The van der Waals surface area contributed by atoms with Crippen molar-refractivity contribution in [2.45, 2.75) is 38.3 Å². The van der Waals surface area contributed by atoms with Gasteiger partial charge in [-0.15, -0.1) is 0 Å². The number of carboxylic acids is 1. The number of benzene rings is 1. The van der Waals surface area contributed by atoms with Gasteiger partial charge in [-0.05, 0) is 30.5 Å². The summed E-state index contributed by atoms with van der Waals surface area (Å²) < 4.78 is 0. The molecule has 2 rings (SSSR count). The fraction of sp³-hybridized carbons (Fsp3) is 0.529. The van der Waals surface area contributed by atoms with Crippen molar-refractivity contribution in [3.8, 4) is 0 Å². The molecule has 6 heteroatoms. The van der Waals surface area contributed by atoms with Crippen molar-refractivity contribution < 1.29 is 19.8 Å². The Balaban J connectivity index is 1.80. The molecule has 1 aliphatic rings. The Morgan fingerprint density at radius 3 is 2.48 bits per heavy atom. The van der Waals surface area contributed by atoms with E-state index < -0.39 is 5.97 Å². The average molecular weight is 320 g/mol. The van der Waals surface area contributed by atoms with Gasteiger partial charge in [0, 0.05) is 26.1 Å². The second kappa shape index (κ2) is 7.97. The van der Waals surface area contributed by atoms with Crippen LogP contribution in [-0.2, 0) is 6.54 Å². The molecule has 1 saturated carbocycles. The molecule has 2 unspecified atom stereocenters. The summed E-state index contributed by atoms with van der Waals surface area (Å²) in [4.78, 5) is 24.5. The van der Waals surface area contributed by atoms with Crippen LogP contribution in [0.1, 0.15) is 41.6 Å². The minimum Gasteiger partial charge on any atom is -0.478 e. The molecule has 2 atom stereocenters. The Labute approximate surface area is 136 Å². The van der Waals surface area contributed by atoms with Crippen LogP contribution >= 0.6 is 0 Å². The summed E-state index contributed by atoms with van der Waals surface area (Å²) in [7, 11) is 1.73. The lowest BCUT2D eigenvalue weighted by Gasteiger charge is -2.31. The maximum atomic E-state index is 12.1. The third-order valence-electron chi connectivity index (χ3n) is 4.37. The first-order chi connectivity index (χ1) is 11.0. The number of carbonyl (C=O) groups excluding carboxylic acids is 1. The number of nitrogens with one attached hydrogen (secondary N) is 1. The van der Waals surface area contributed by atoms with Crippen LogP contribution in [0.15, 0.2) is 24.3 Å². The van der Waals surface area contributed by atoms with E-state index in [1.54, 1.807) is 24.1 Å². The van der Waals surface area contributed by atoms with E-state index in [0.29, 0.717) is 13.1 Å². The standard InChI is InChI=1S/C17H24N2O4/c1-19(11-14-4-2-3-5-15(14)20)17(23)18-10-12-6-8-13(9-7-12)16(21)22/h6-9,14-15,20H,2-5,10-11H2,1H3,(H,18,23)(H,21,22). The SMILES string of the molecule is CN(CC1CCCCC1O)C(=O)NCc1ccc(C(=O)O)cc1. The van der Waals surface area contributed by atoms with Gasteiger partial charge in [0.05, 0.1) is 11.7 Å². The highest BCUT2D eigenvalue weighted by Crippen LogP contribution is 2.24. The number of urea groups is 1. The Kier molecular flexibility index (Phi) is 5.98. The van der Waals surface area contributed by atoms with E-state index in [9.17, 15) is 14.7 Å². The summed E-state index contributed by atoms with van der Waals surface area (Å²) in [6, 6.07) is 6.23. The average Bonchev–Trinajstić information content (AvgIpc) is 2.55. The van der Waals surface area contributed by atoms with Crippen molar-refractivity contribution in [1.82, 2.24) is 10.2 Å². The molecule has 0 aliphatic heterocycles.